The molecule has 0 fully saturated rings. The monoisotopic (exact) mass is 269 g/mol. The highest BCUT2D eigenvalue weighted by molar-refractivity contribution is 7.13. The molecule has 0 unspecified atom stereocenters. The Labute approximate surface area is 114 Å². The van der Waals surface area contributed by atoms with Gasteiger partial charge in [-0.2, -0.15) is 4.98 Å². The van der Waals surface area contributed by atoms with Gasteiger partial charge in [0.25, 0.3) is 5.19 Å². The molecule has 4 heteroatoms. The summed E-state index contributed by atoms with van der Waals surface area (Å²) in [4.78, 5) is 17.8. The Balaban J connectivity index is 3.17. The third-order valence-electron chi connectivity index (χ3n) is 2.39. The van der Waals surface area contributed by atoms with Crippen LogP contribution in [0.5, 0.6) is 5.19 Å². The fraction of sp³-hybridized carbons (Fsp3) is 0.714. The number of hydrogen-bond donors (Lipinski definition) is 0. The van der Waals surface area contributed by atoms with Gasteiger partial charge in [-0.15, -0.1) is 0 Å². The van der Waals surface area contributed by atoms with Gasteiger partial charge in [0.05, 0.1) is 6.10 Å². The van der Waals surface area contributed by atoms with Gasteiger partial charge in [0, 0.05) is 10.3 Å². The molecule has 102 valence electrons. The lowest BCUT2D eigenvalue weighted by molar-refractivity contribution is 0.0851. The molecule has 3 nitrogen and oxygen atoms in total. The molecule has 0 aliphatic rings. The van der Waals surface area contributed by atoms with E-state index in [0.29, 0.717) is 10.9 Å². The normalized spacial score (nSPS) is 12.3. The van der Waals surface area contributed by atoms with Crippen LogP contribution in [0.1, 0.15) is 69.7 Å². The number of Topliss-reactive ketones (excluding diaryl/α,β-unsaturated/α-hetero) is 1. The second-order valence-corrected chi connectivity index (χ2v) is 7.09. The summed E-state index contributed by atoms with van der Waals surface area (Å²) in [6, 6.07) is 0. The van der Waals surface area contributed by atoms with E-state index < -0.39 is 5.41 Å². The summed E-state index contributed by atoms with van der Waals surface area (Å²) in [7, 11) is 0. The molecule has 0 saturated carbocycles. The number of hydrogen-bond acceptors (Lipinski definition) is 4. The van der Waals surface area contributed by atoms with Crippen molar-refractivity contribution in [1.29, 1.82) is 0 Å². The highest BCUT2D eigenvalue weighted by Crippen LogP contribution is 2.35. The van der Waals surface area contributed by atoms with Crippen molar-refractivity contribution in [1.82, 2.24) is 4.98 Å². The Morgan fingerprint density at radius 1 is 1.22 bits per heavy atom. The van der Waals surface area contributed by atoms with Crippen LogP contribution in [0.4, 0.5) is 0 Å². The van der Waals surface area contributed by atoms with Gasteiger partial charge in [0.1, 0.15) is 5.69 Å². The molecule has 0 aromatic carbocycles. The molecule has 0 radical (unpaired) electrons. The molecule has 1 aromatic rings. The van der Waals surface area contributed by atoms with Crippen molar-refractivity contribution in [2.24, 2.45) is 5.41 Å². The first kappa shape index (κ1) is 15.2. The van der Waals surface area contributed by atoms with Gasteiger partial charge in [0.15, 0.2) is 5.78 Å². The van der Waals surface area contributed by atoms with Gasteiger partial charge < -0.3 is 4.74 Å². The lowest BCUT2D eigenvalue weighted by Crippen LogP contribution is -2.22. The Morgan fingerprint density at radius 3 is 2.17 bits per heavy atom. The first-order valence-corrected chi connectivity index (χ1v) is 7.16. The first-order chi connectivity index (χ1) is 8.12. The van der Waals surface area contributed by atoms with Crippen LogP contribution in [0.3, 0.4) is 0 Å². The number of aromatic nitrogens is 1. The summed E-state index contributed by atoms with van der Waals surface area (Å²) >= 11 is 1.49. The molecule has 1 rings (SSSR count). The Bertz CT molecular complexity index is 427. The fourth-order valence-electron chi connectivity index (χ4n) is 1.47. The summed E-state index contributed by atoms with van der Waals surface area (Å²) in [5, 5.41) is 0.598. The second kappa shape index (κ2) is 5.39. The topological polar surface area (TPSA) is 39.2 Å². The Kier molecular flexibility index (Phi) is 4.54. The van der Waals surface area contributed by atoms with Crippen molar-refractivity contribution in [3.63, 3.8) is 0 Å². The van der Waals surface area contributed by atoms with Crippen molar-refractivity contribution in [3.8, 4) is 5.19 Å². The van der Waals surface area contributed by atoms with E-state index in [-0.39, 0.29) is 17.8 Å². The minimum absolute atomic E-state index is 0.0775. The predicted molar refractivity (Wildman–Crippen MR) is 75.8 cm³/mol. The molecule has 0 N–H and O–H groups in total. The zero-order chi connectivity index (χ0) is 14.1. The quantitative estimate of drug-likeness (QED) is 0.766. The lowest BCUT2D eigenvalue weighted by Gasteiger charge is -2.16. The van der Waals surface area contributed by atoms with Crippen molar-refractivity contribution in [3.05, 3.63) is 10.6 Å². The van der Waals surface area contributed by atoms with E-state index in [1.807, 2.05) is 34.6 Å². The number of carbonyl (C=O) groups is 1. The Hall–Kier alpha value is -0.900. The largest absolute Gasteiger partial charge is 0.467 e. The first-order valence-electron chi connectivity index (χ1n) is 6.35. The second-order valence-electron chi connectivity index (χ2n) is 6.09. The molecule has 1 heterocycles. The summed E-state index contributed by atoms with van der Waals surface area (Å²) in [5.41, 5.74) is 0.172. The Morgan fingerprint density at radius 2 is 1.78 bits per heavy atom. The smallest absolute Gasteiger partial charge is 0.274 e. The van der Waals surface area contributed by atoms with Crippen LogP contribution in [0.2, 0.25) is 0 Å². The van der Waals surface area contributed by atoms with Crippen LogP contribution >= 0.6 is 11.3 Å². The third-order valence-corrected chi connectivity index (χ3v) is 3.64. The molecule has 0 amide bonds. The standard InChI is InChI=1S/C14H23NO2S/c1-8(2)11-10(12(16)14(5,6)7)15-13(18-11)17-9(3)4/h8-9H,1-7H3. The number of ketones is 1. The highest BCUT2D eigenvalue weighted by Gasteiger charge is 2.29. The summed E-state index contributed by atoms with van der Waals surface area (Å²) in [6.07, 6.45) is 0.0775. The van der Waals surface area contributed by atoms with Crippen molar-refractivity contribution >= 4 is 17.1 Å². The molecule has 18 heavy (non-hydrogen) atoms. The minimum Gasteiger partial charge on any atom is -0.467 e. The van der Waals surface area contributed by atoms with Gasteiger partial charge in [-0.1, -0.05) is 46.0 Å². The maximum absolute atomic E-state index is 12.4. The number of nitrogens with zero attached hydrogens (tertiary/aromatic N) is 1. The number of carbonyl (C=O) groups excluding carboxylic acids is 1. The molecular weight excluding hydrogens is 246 g/mol. The van der Waals surface area contributed by atoms with Crippen molar-refractivity contribution in [2.45, 2.75) is 60.5 Å². The van der Waals surface area contributed by atoms with Gasteiger partial charge in [-0.25, -0.2) is 0 Å². The average Bonchev–Trinajstić information content (AvgIpc) is 2.57. The molecular formula is C14H23NO2S. The van der Waals surface area contributed by atoms with E-state index in [9.17, 15) is 4.79 Å². The third kappa shape index (κ3) is 3.55. The summed E-state index contributed by atoms with van der Waals surface area (Å²) in [6.45, 7) is 13.8. The van der Waals surface area contributed by atoms with Crippen LogP contribution in [0.15, 0.2) is 0 Å². The molecule has 0 atom stereocenters. The van der Waals surface area contributed by atoms with Gasteiger partial charge in [-0.05, 0) is 19.8 Å². The molecule has 1 aromatic heterocycles. The fourth-order valence-corrected chi connectivity index (χ4v) is 2.51. The van der Waals surface area contributed by atoms with E-state index >= 15 is 0 Å². The zero-order valence-electron chi connectivity index (χ0n) is 12.3. The molecule has 0 aliphatic carbocycles. The summed E-state index contributed by atoms with van der Waals surface area (Å²) in [5.74, 6) is 0.370. The van der Waals surface area contributed by atoms with E-state index in [1.54, 1.807) is 0 Å². The predicted octanol–water partition coefficient (Wildman–Crippen LogP) is 4.28. The SMILES string of the molecule is CC(C)Oc1nc(C(=O)C(C)(C)C)c(C(C)C)s1. The lowest BCUT2D eigenvalue weighted by atomic mass is 9.88. The van der Waals surface area contributed by atoms with E-state index in [4.69, 9.17) is 4.74 Å². The van der Waals surface area contributed by atoms with E-state index in [2.05, 4.69) is 18.8 Å². The van der Waals surface area contributed by atoms with Gasteiger partial charge >= 0.3 is 0 Å². The average molecular weight is 269 g/mol. The van der Waals surface area contributed by atoms with Crippen LogP contribution in [0, 0.1) is 5.41 Å². The van der Waals surface area contributed by atoms with Crippen LogP contribution in [-0.2, 0) is 0 Å². The number of rotatable bonds is 4. The maximum atomic E-state index is 12.4. The highest BCUT2D eigenvalue weighted by atomic mass is 32.1. The van der Waals surface area contributed by atoms with Crippen LogP contribution in [-0.4, -0.2) is 16.9 Å². The molecule has 0 spiro atoms. The van der Waals surface area contributed by atoms with Gasteiger partial charge in [-0.3, -0.25) is 4.79 Å². The van der Waals surface area contributed by atoms with Gasteiger partial charge in [0.2, 0.25) is 0 Å². The van der Waals surface area contributed by atoms with Crippen LogP contribution < -0.4 is 4.74 Å². The van der Waals surface area contributed by atoms with E-state index in [0.717, 1.165) is 4.88 Å². The summed E-state index contributed by atoms with van der Waals surface area (Å²) < 4.78 is 5.60. The molecule has 0 saturated heterocycles. The number of ether oxygens (including phenoxy) is 1. The number of thiazole rings is 1. The van der Waals surface area contributed by atoms with Crippen molar-refractivity contribution < 1.29 is 9.53 Å². The van der Waals surface area contributed by atoms with E-state index in [1.165, 1.54) is 11.3 Å². The maximum Gasteiger partial charge on any atom is 0.274 e. The molecule has 0 aliphatic heterocycles. The molecule has 0 bridgehead atoms. The zero-order valence-corrected chi connectivity index (χ0v) is 13.1. The van der Waals surface area contributed by atoms with Crippen LogP contribution in [0.25, 0.3) is 0 Å². The minimum atomic E-state index is -0.410. The van der Waals surface area contributed by atoms with Crippen molar-refractivity contribution in [2.75, 3.05) is 0 Å².